The molecule has 5 nitrogen and oxygen atoms in total. The molecule has 1 fully saturated rings. The van der Waals surface area contributed by atoms with E-state index in [4.69, 9.17) is 18.9 Å². The lowest BCUT2D eigenvalue weighted by Gasteiger charge is -2.40. The fraction of sp³-hybridized carbons (Fsp3) is 0.708. The summed E-state index contributed by atoms with van der Waals surface area (Å²) in [5, 5.41) is 0. The van der Waals surface area contributed by atoms with Crippen LogP contribution in [0.3, 0.4) is 0 Å². The average molecular weight is 407 g/mol. The molecule has 29 heavy (non-hydrogen) atoms. The van der Waals surface area contributed by atoms with Crippen molar-refractivity contribution in [1.29, 1.82) is 0 Å². The Morgan fingerprint density at radius 3 is 2.55 bits per heavy atom. The van der Waals surface area contributed by atoms with Gasteiger partial charge in [0.05, 0.1) is 12.7 Å². The highest BCUT2D eigenvalue weighted by Crippen LogP contribution is 2.30. The van der Waals surface area contributed by atoms with E-state index in [2.05, 4.69) is 12.1 Å². The van der Waals surface area contributed by atoms with Gasteiger partial charge in [-0.1, -0.05) is 50.1 Å². The van der Waals surface area contributed by atoms with E-state index in [0.717, 1.165) is 44.1 Å². The van der Waals surface area contributed by atoms with E-state index in [9.17, 15) is 4.79 Å². The predicted octanol–water partition coefficient (Wildman–Crippen LogP) is 5.75. The van der Waals surface area contributed by atoms with Gasteiger partial charge < -0.3 is 18.9 Å². The Morgan fingerprint density at radius 1 is 1.14 bits per heavy atom. The molecule has 1 aromatic rings. The van der Waals surface area contributed by atoms with Crippen LogP contribution in [-0.4, -0.2) is 29.8 Å². The molecular formula is C24H38O5. The fourth-order valence-electron chi connectivity index (χ4n) is 3.35. The highest BCUT2D eigenvalue weighted by atomic mass is 16.8. The van der Waals surface area contributed by atoms with Crippen molar-refractivity contribution < 1.29 is 23.7 Å². The van der Waals surface area contributed by atoms with Crippen molar-refractivity contribution in [1.82, 2.24) is 0 Å². The Balaban J connectivity index is 1.68. The Hall–Kier alpha value is -1.43. The molecule has 1 aromatic carbocycles. The average Bonchev–Trinajstić information content (AvgIpc) is 2.65. The third-order valence-electron chi connectivity index (χ3n) is 5.25. The molecule has 5 heteroatoms. The molecule has 1 aliphatic heterocycles. The maximum Gasteiger partial charge on any atom is 0.306 e. The van der Waals surface area contributed by atoms with Crippen LogP contribution >= 0.6 is 0 Å². The quantitative estimate of drug-likeness (QED) is 0.346. The number of unbranched alkanes of at least 4 members (excludes halogenated alkanes) is 2. The van der Waals surface area contributed by atoms with Crippen molar-refractivity contribution in [3.63, 3.8) is 0 Å². The van der Waals surface area contributed by atoms with Crippen LogP contribution in [0.15, 0.2) is 30.3 Å². The molecule has 1 saturated heterocycles. The zero-order valence-corrected chi connectivity index (χ0v) is 18.7. The van der Waals surface area contributed by atoms with Gasteiger partial charge in [-0.3, -0.25) is 4.79 Å². The second-order valence-electron chi connectivity index (χ2n) is 8.91. The van der Waals surface area contributed by atoms with Gasteiger partial charge in [0.1, 0.15) is 5.60 Å². The van der Waals surface area contributed by atoms with Crippen LogP contribution in [0.5, 0.6) is 0 Å². The van der Waals surface area contributed by atoms with Crippen molar-refractivity contribution in [2.24, 2.45) is 0 Å². The molecule has 0 radical (unpaired) electrons. The van der Waals surface area contributed by atoms with E-state index in [1.807, 2.05) is 52.8 Å². The SMILES string of the molecule is CCC(C)(C)OC(=O)CCCCC[C@@H]1C[C@H](OCc2ccccc2)OC(C)(C)O1. The van der Waals surface area contributed by atoms with Crippen LogP contribution in [0.1, 0.15) is 85.1 Å². The molecule has 0 saturated carbocycles. The lowest BCUT2D eigenvalue weighted by Crippen LogP contribution is -2.45. The van der Waals surface area contributed by atoms with E-state index in [0.29, 0.717) is 13.0 Å². The molecule has 0 aliphatic carbocycles. The van der Waals surface area contributed by atoms with E-state index in [-0.39, 0.29) is 24.0 Å². The maximum absolute atomic E-state index is 11.9. The molecule has 1 aliphatic rings. The summed E-state index contributed by atoms with van der Waals surface area (Å²) in [6, 6.07) is 10.1. The minimum atomic E-state index is -0.653. The second kappa shape index (κ2) is 11.1. The van der Waals surface area contributed by atoms with Gasteiger partial charge in [-0.05, 0) is 52.5 Å². The summed E-state index contributed by atoms with van der Waals surface area (Å²) in [7, 11) is 0. The molecule has 2 atom stereocenters. The summed E-state index contributed by atoms with van der Waals surface area (Å²) in [6.07, 6.45) is 5.64. The van der Waals surface area contributed by atoms with E-state index in [1.165, 1.54) is 0 Å². The van der Waals surface area contributed by atoms with Gasteiger partial charge in [-0.2, -0.15) is 0 Å². The summed E-state index contributed by atoms with van der Waals surface area (Å²) < 4.78 is 23.5. The molecule has 2 rings (SSSR count). The first kappa shape index (κ1) is 23.8. The minimum Gasteiger partial charge on any atom is -0.460 e. The number of carbonyl (C=O) groups is 1. The van der Waals surface area contributed by atoms with Gasteiger partial charge in [0.2, 0.25) is 0 Å². The minimum absolute atomic E-state index is 0.102. The summed E-state index contributed by atoms with van der Waals surface area (Å²) >= 11 is 0. The van der Waals surface area contributed by atoms with Gasteiger partial charge in [0.25, 0.3) is 0 Å². The molecule has 0 unspecified atom stereocenters. The summed E-state index contributed by atoms with van der Waals surface area (Å²) in [5.41, 5.74) is 0.767. The lowest BCUT2D eigenvalue weighted by molar-refractivity contribution is -0.353. The van der Waals surface area contributed by atoms with Crippen molar-refractivity contribution in [2.75, 3.05) is 0 Å². The number of hydrogen-bond acceptors (Lipinski definition) is 5. The molecule has 1 heterocycles. The number of hydrogen-bond donors (Lipinski definition) is 0. The lowest BCUT2D eigenvalue weighted by atomic mass is 10.0. The number of benzene rings is 1. The van der Waals surface area contributed by atoms with Gasteiger partial charge in [-0.25, -0.2) is 0 Å². The van der Waals surface area contributed by atoms with Gasteiger partial charge in [0, 0.05) is 12.8 Å². The van der Waals surface area contributed by atoms with Gasteiger partial charge in [-0.15, -0.1) is 0 Å². The first-order valence-corrected chi connectivity index (χ1v) is 10.9. The summed E-state index contributed by atoms with van der Waals surface area (Å²) in [6.45, 7) is 10.3. The first-order valence-electron chi connectivity index (χ1n) is 10.9. The Bertz CT molecular complexity index is 611. The smallest absolute Gasteiger partial charge is 0.306 e. The van der Waals surface area contributed by atoms with E-state index < -0.39 is 5.79 Å². The number of ether oxygens (including phenoxy) is 4. The van der Waals surface area contributed by atoms with E-state index in [1.54, 1.807) is 0 Å². The van der Waals surface area contributed by atoms with Crippen LogP contribution in [0.2, 0.25) is 0 Å². The second-order valence-corrected chi connectivity index (χ2v) is 8.91. The van der Waals surface area contributed by atoms with Crippen LogP contribution in [0.25, 0.3) is 0 Å². The molecular weight excluding hydrogens is 368 g/mol. The van der Waals surface area contributed by atoms with Gasteiger partial charge in [0.15, 0.2) is 12.1 Å². The third-order valence-corrected chi connectivity index (χ3v) is 5.25. The fourth-order valence-corrected chi connectivity index (χ4v) is 3.35. The Morgan fingerprint density at radius 2 is 1.86 bits per heavy atom. The maximum atomic E-state index is 11.9. The molecule has 0 aromatic heterocycles. The standard InChI is InChI=1S/C24H38O5/c1-6-23(2,3)28-21(25)16-12-8-11-15-20-17-22(29-24(4,5)27-20)26-18-19-13-9-7-10-14-19/h7,9-10,13-14,20,22H,6,8,11-12,15-18H2,1-5H3/t20-,22-/m1/s1. The molecule has 0 spiro atoms. The molecule has 0 N–H and O–H groups in total. The van der Waals surface area contributed by atoms with Crippen LogP contribution < -0.4 is 0 Å². The van der Waals surface area contributed by atoms with Crippen molar-refractivity contribution >= 4 is 5.97 Å². The zero-order chi connectivity index (χ0) is 21.3. The summed E-state index contributed by atoms with van der Waals surface area (Å²) in [5.74, 6) is -0.755. The normalized spacial score (nSPS) is 21.7. The molecule has 164 valence electrons. The number of esters is 1. The highest BCUT2D eigenvalue weighted by Gasteiger charge is 2.35. The van der Waals surface area contributed by atoms with Gasteiger partial charge >= 0.3 is 5.97 Å². The van der Waals surface area contributed by atoms with Crippen LogP contribution in [0, 0.1) is 0 Å². The number of rotatable bonds is 11. The number of carbonyl (C=O) groups excluding carboxylic acids is 1. The van der Waals surface area contributed by atoms with Crippen molar-refractivity contribution in [3.05, 3.63) is 35.9 Å². The molecule has 0 amide bonds. The largest absolute Gasteiger partial charge is 0.460 e. The molecule has 0 bridgehead atoms. The topological polar surface area (TPSA) is 54.0 Å². The van der Waals surface area contributed by atoms with Crippen molar-refractivity contribution in [2.45, 2.75) is 110 Å². The predicted molar refractivity (Wildman–Crippen MR) is 113 cm³/mol. The Kier molecular flexibility index (Phi) is 9.12. The van der Waals surface area contributed by atoms with Crippen LogP contribution in [0.4, 0.5) is 0 Å². The highest BCUT2D eigenvalue weighted by molar-refractivity contribution is 5.69. The monoisotopic (exact) mass is 406 g/mol. The third kappa shape index (κ3) is 9.28. The van der Waals surface area contributed by atoms with Crippen molar-refractivity contribution in [3.8, 4) is 0 Å². The van der Waals surface area contributed by atoms with Crippen LogP contribution in [-0.2, 0) is 30.3 Å². The Labute approximate surface area is 176 Å². The van der Waals surface area contributed by atoms with E-state index >= 15 is 0 Å². The zero-order valence-electron chi connectivity index (χ0n) is 18.7. The summed E-state index contributed by atoms with van der Waals surface area (Å²) in [4.78, 5) is 11.9. The first-order chi connectivity index (χ1) is 13.7.